The van der Waals surface area contributed by atoms with E-state index in [9.17, 15) is 19.7 Å². The van der Waals surface area contributed by atoms with Gasteiger partial charge in [-0.1, -0.05) is 34.6 Å². The molecule has 29 heavy (non-hydrogen) atoms. The van der Waals surface area contributed by atoms with Crippen LogP contribution in [-0.4, -0.2) is 28.6 Å². The van der Waals surface area contributed by atoms with Crippen molar-refractivity contribution in [2.45, 2.75) is 16.7 Å². The summed E-state index contributed by atoms with van der Waals surface area (Å²) in [6.07, 6.45) is 1.27. The number of nitrogens with one attached hydrogen (secondary N) is 1. The Morgan fingerprint density at radius 1 is 1.21 bits per heavy atom. The maximum atomic E-state index is 12.2. The molecule has 1 amide bonds. The summed E-state index contributed by atoms with van der Waals surface area (Å²) in [5, 5.41) is 17.3. The molecule has 2 aromatic carbocycles. The number of carbonyl (C=O) groups excluding carboxylic acids is 2. The second-order valence-electron chi connectivity index (χ2n) is 5.86. The first-order valence-corrected chi connectivity index (χ1v) is 9.14. The average Bonchev–Trinajstić information content (AvgIpc) is 3.21. The molecule has 9 nitrogen and oxygen atoms in total. The summed E-state index contributed by atoms with van der Waals surface area (Å²) >= 11 is 1.22. The van der Waals surface area contributed by atoms with Crippen LogP contribution in [0.2, 0.25) is 0 Å². The third-order valence-corrected chi connectivity index (χ3v) is 4.75. The largest absolute Gasteiger partial charge is 0.452 e. The van der Waals surface area contributed by atoms with Crippen LogP contribution in [0, 0.1) is 17.0 Å². The van der Waals surface area contributed by atoms with Crippen molar-refractivity contribution in [3.63, 3.8) is 0 Å². The molecule has 1 aromatic heterocycles. The van der Waals surface area contributed by atoms with Gasteiger partial charge in [0, 0.05) is 17.0 Å². The molecule has 0 unspecified atom stereocenters. The molecule has 0 aliphatic carbocycles. The number of hydrogen-bond acceptors (Lipinski definition) is 8. The van der Waals surface area contributed by atoms with Crippen LogP contribution in [0.1, 0.15) is 15.9 Å². The number of esters is 1. The summed E-state index contributed by atoms with van der Waals surface area (Å²) in [4.78, 5) is 36.0. The van der Waals surface area contributed by atoms with Crippen molar-refractivity contribution in [2.75, 3.05) is 11.9 Å². The number of nitrogens with zero attached hydrogens (tertiary/aromatic N) is 2. The van der Waals surface area contributed by atoms with Crippen LogP contribution in [0.5, 0.6) is 0 Å². The van der Waals surface area contributed by atoms with Crippen molar-refractivity contribution in [1.82, 2.24) is 5.16 Å². The molecule has 0 radical (unpaired) electrons. The van der Waals surface area contributed by atoms with Crippen molar-refractivity contribution in [1.29, 1.82) is 0 Å². The fourth-order valence-corrected chi connectivity index (χ4v) is 3.18. The zero-order valence-electron chi connectivity index (χ0n) is 15.2. The van der Waals surface area contributed by atoms with E-state index in [1.54, 1.807) is 0 Å². The third-order valence-electron chi connectivity index (χ3n) is 3.68. The number of hydrogen-bond donors (Lipinski definition) is 1. The van der Waals surface area contributed by atoms with E-state index in [4.69, 9.17) is 4.74 Å². The minimum absolute atomic E-state index is 0.0285. The Hall–Kier alpha value is -3.66. The fourth-order valence-electron chi connectivity index (χ4n) is 2.28. The molecule has 0 fully saturated rings. The molecule has 148 valence electrons. The summed E-state index contributed by atoms with van der Waals surface area (Å²) in [5.74, 6) is -1.29. The number of carbonyl (C=O) groups is 2. The predicted molar refractivity (Wildman–Crippen MR) is 104 cm³/mol. The number of ether oxygens (including phenoxy) is 1. The van der Waals surface area contributed by atoms with E-state index in [1.807, 2.05) is 31.2 Å². The highest BCUT2D eigenvalue weighted by Crippen LogP contribution is 2.35. The van der Waals surface area contributed by atoms with Gasteiger partial charge in [0.2, 0.25) is 0 Å². The van der Waals surface area contributed by atoms with Gasteiger partial charge in [0.15, 0.2) is 12.4 Å². The normalized spacial score (nSPS) is 10.4. The molecule has 0 aliphatic rings. The summed E-state index contributed by atoms with van der Waals surface area (Å²) in [6, 6.07) is 13.0. The minimum atomic E-state index is -0.852. The first kappa shape index (κ1) is 20.1. The summed E-state index contributed by atoms with van der Waals surface area (Å²) < 4.78 is 9.47. The number of anilines is 1. The van der Waals surface area contributed by atoms with Crippen molar-refractivity contribution in [3.05, 3.63) is 76.0 Å². The number of aryl methyl sites for hydroxylation is 1. The molecule has 1 N–H and O–H groups in total. The fraction of sp³-hybridized carbons (Fsp3) is 0.105. The van der Waals surface area contributed by atoms with Crippen LogP contribution in [0.15, 0.2) is 69.1 Å². The quantitative estimate of drug-likeness (QED) is 0.352. The minimum Gasteiger partial charge on any atom is -0.452 e. The summed E-state index contributed by atoms with van der Waals surface area (Å²) in [7, 11) is 0. The molecule has 0 atom stereocenters. The van der Waals surface area contributed by atoms with Gasteiger partial charge >= 0.3 is 5.97 Å². The van der Waals surface area contributed by atoms with Crippen LogP contribution in [0.25, 0.3) is 0 Å². The Kier molecular flexibility index (Phi) is 6.25. The molecule has 0 saturated heterocycles. The van der Waals surface area contributed by atoms with Crippen molar-refractivity contribution in [3.8, 4) is 0 Å². The highest BCUT2D eigenvalue weighted by atomic mass is 32.2. The second-order valence-corrected chi connectivity index (χ2v) is 6.98. The number of nitro groups is 1. The molecule has 3 aromatic rings. The average molecular weight is 413 g/mol. The Morgan fingerprint density at radius 2 is 1.97 bits per heavy atom. The zero-order chi connectivity index (χ0) is 20.8. The third kappa shape index (κ3) is 5.42. The molecule has 0 saturated carbocycles. The van der Waals surface area contributed by atoms with Crippen LogP contribution < -0.4 is 5.32 Å². The van der Waals surface area contributed by atoms with E-state index >= 15 is 0 Å². The Labute approximate surface area is 169 Å². The van der Waals surface area contributed by atoms with Gasteiger partial charge in [-0.2, -0.15) is 0 Å². The van der Waals surface area contributed by atoms with E-state index < -0.39 is 23.4 Å². The second kappa shape index (κ2) is 9.02. The lowest BCUT2D eigenvalue weighted by Crippen LogP contribution is -2.21. The Bertz CT molecular complexity index is 1030. The smallest absolute Gasteiger partial charge is 0.338 e. The molecule has 1 heterocycles. The molecular weight excluding hydrogens is 398 g/mol. The monoisotopic (exact) mass is 413 g/mol. The Morgan fingerprint density at radius 3 is 2.62 bits per heavy atom. The van der Waals surface area contributed by atoms with Gasteiger partial charge in [0.25, 0.3) is 11.6 Å². The SMILES string of the molecule is Cc1ccc(Sc2ccc(C(=O)OCC(=O)Nc3ccon3)cc2[N+](=O)[O-])cc1. The van der Waals surface area contributed by atoms with E-state index in [2.05, 4.69) is 15.0 Å². The van der Waals surface area contributed by atoms with E-state index in [0.717, 1.165) is 16.5 Å². The number of rotatable bonds is 7. The molecule has 0 bridgehead atoms. The highest BCUT2D eigenvalue weighted by Gasteiger charge is 2.20. The molecule has 3 rings (SSSR count). The van der Waals surface area contributed by atoms with Gasteiger partial charge in [-0.3, -0.25) is 14.9 Å². The number of nitro benzene ring substituents is 1. The van der Waals surface area contributed by atoms with Crippen LogP contribution in [0.4, 0.5) is 11.5 Å². The topological polar surface area (TPSA) is 125 Å². The lowest BCUT2D eigenvalue weighted by molar-refractivity contribution is -0.387. The van der Waals surface area contributed by atoms with Gasteiger partial charge in [0.1, 0.15) is 6.26 Å². The van der Waals surface area contributed by atoms with E-state index in [0.29, 0.717) is 4.90 Å². The Balaban J connectivity index is 1.68. The van der Waals surface area contributed by atoms with Gasteiger partial charge in [0.05, 0.1) is 15.4 Å². The summed E-state index contributed by atoms with van der Waals surface area (Å²) in [6.45, 7) is 1.38. The summed E-state index contributed by atoms with van der Waals surface area (Å²) in [5.41, 5.74) is 0.825. The van der Waals surface area contributed by atoms with Gasteiger partial charge in [-0.25, -0.2) is 4.79 Å². The van der Waals surface area contributed by atoms with Crippen LogP contribution >= 0.6 is 11.8 Å². The molecule has 0 spiro atoms. The van der Waals surface area contributed by atoms with Gasteiger partial charge < -0.3 is 14.6 Å². The maximum Gasteiger partial charge on any atom is 0.338 e. The first-order chi connectivity index (χ1) is 13.9. The van der Waals surface area contributed by atoms with Gasteiger partial charge in [-0.15, -0.1) is 0 Å². The zero-order valence-corrected chi connectivity index (χ0v) is 16.0. The number of amides is 1. The molecule has 0 aliphatic heterocycles. The standard InChI is InChI=1S/C19H15N3O6S/c1-12-2-5-14(6-3-12)29-16-7-4-13(10-15(16)22(25)26)19(24)27-11-18(23)20-17-8-9-28-21-17/h2-10H,11H2,1H3,(H,20,21,23). The van der Waals surface area contributed by atoms with Crippen LogP contribution in [-0.2, 0) is 9.53 Å². The number of aromatic nitrogens is 1. The first-order valence-electron chi connectivity index (χ1n) is 8.32. The highest BCUT2D eigenvalue weighted by molar-refractivity contribution is 7.99. The lowest BCUT2D eigenvalue weighted by Gasteiger charge is -2.07. The van der Waals surface area contributed by atoms with E-state index in [-0.39, 0.29) is 17.1 Å². The van der Waals surface area contributed by atoms with Crippen molar-refractivity contribution < 1.29 is 23.8 Å². The van der Waals surface area contributed by atoms with Crippen LogP contribution in [0.3, 0.4) is 0 Å². The maximum absolute atomic E-state index is 12.2. The lowest BCUT2D eigenvalue weighted by atomic mass is 10.2. The van der Waals surface area contributed by atoms with Gasteiger partial charge in [-0.05, 0) is 31.2 Å². The number of benzene rings is 2. The van der Waals surface area contributed by atoms with Crippen molar-refractivity contribution in [2.24, 2.45) is 0 Å². The van der Waals surface area contributed by atoms with Crippen molar-refractivity contribution >= 4 is 35.1 Å². The predicted octanol–water partition coefficient (Wildman–Crippen LogP) is 3.84. The molecular formula is C19H15N3O6S. The van der Waals surface area contributed by atoms with E-state index in [1.165, 1.54) is 36.2 Å². The molecule has 10 heteroatoms.